The minimum atomic E-state index is -0.555. The summed E-state index contributed by atoms with van der Waals surface area (Å²) in [6.07, 6.45) is 8.52. The molecule has 1 saturated heterocycles. The summed E-state index contributed by atoms with van der Waals surface area (Å²) < 4.78 is 3.85. The number of hydrogen-bond donors (Lipinski definition) is 0. The highest BCUT2D eigenvalue weighted by Crippen LogP contribution is 2.60. The van der Waals surface area contributed by atoms with Gasteiger partial charge >= 0.3 is 5.69 Å². The van der Waals surface area contributed by atoms with Gasteiger partial charge in [0.05, 0.1) is 11.7 Å². The molecule has 0 aromatic carbocycles. The van der Waals surface area contributed by atoms with Gasteiger partial charge in [0.15, 0.2) is 11.2 Å². The summed E-state index contributed by atoms with van der Waals surface area (Å²) in [5.74, 6) is 2.18. The van der Waals surface area contributed by atoms with Crippen molar-refractivity contribution in [3.05, 3.63) is 27.2 Å². The molecule has 4 saturated carbocycles. The monoisotopic (exact) mass is 468 g/mol. The number of rotatable bonds is 3. The number of fused-ring (bicyclic) bond motifs is 1. The molecular weight excluding hydrogens is 436 g/mol. The second-order valence-corrected chi connectivity index (χ2v) is 11.1. The summed E-state index contributed by atoms with van der Waals surface area (Å²) >= 11 is 0. The maximum Gasteiger partial charge on any atom is 0.332 e. The van der Waals surface area contributed by atoms with Crippen molar-refractivity contribution >= 4 is 23.0 Å². The molecular formula is C24H32N6O4. The van der Waals surface area contributed by atoms with E-state index >= 15 is 0 Å². The molecule has 4 bridgehead atoms. The van der Waals surface area contributed by atoms with Crippen LogP contribution in [0.3, 0.4) is 0 Å². The van der Waals surface area contributed by atoms with Gasteiger partial charge in [0.1, 0.15) is 6.54 Å². The molecule has 2 aromatic heterocycles. The van der Waals surface area contributed by atoms with Crippen molar-refractivity contribution in [2.45, 2.75) is 45.1 Å². The van der Waals surface area contributed by atoms with Crippen molar-refractivity contribution in [2.24, 2.45) is 37.3 Å². The third-order valence-corrected chi connectivity index (χ3v) is 8.91. The SMILES string of the molecule is Cn1cnc2c1c(=O)n(CC(=O)N1CCN(C(=O)C34CC5CC(CC(C5)C3)C4)CC1)c(=O)n2C. The normalized spacial score (nSPS) is 30.4. The van der Waals surface area contributed by atoms with Crippen LogP contribution in [0.4, 0.5) is 0 Å². The van der Waals surface area contributed by atoms with Crippen LogP contribution in [-0.4, -0.2) is 66.5 Å². The van der Waals surface area contributed by atoms with E-state index < -0.39 is 11.2 Å². The first-order chi connectivity index (χ1) is 16.3. The highest BCUT2D eigenvalue weighted by molar-refractivity contribution is 5.84. The van der Waals surface area contributed by atoms with Crippen LogP contribution in [0.2, 0.25) is 0 Å². The highest BCUT2D eigenvalue weighted by atomic mass is 16.2. The number of hydrogen-bond acceptors (Lipinski definition) is 5. The van der Waals surface area contributed by atoms with Gasteiger partial charge in [0, 0.05) is 40.3 Å². The van der Waals surface area contributed by atoms with Gasteiger partial charge in [0.2, 0.25) is 11.8 Å². The van der Waals surface area contributed by atoms with Crippen LogP contribution in [0, 0.1) is 23.2 Å². The van der Waals surface area contributed by atoms with Gasteiger partial charge in [-0.05, 0) is 56.3 Å². The molecule has 10 heteroatoms. The molecule has 3 heterocycles. The van der Waals surface area contributed by atoms with E-state index in [4.69, 9.17) is 0 Å². The predicted octanol–water partition coefficient (Wildman–Crippen LogP) is 0.321. The molecule has 5 aliphatic rings. The largest absolute Gasteiger partial charge is 0.339 e. The molecule has 0 radical (unpaired) electrons. The standard InChI is InChI=1S/C24H32N6O4/c1-26-14-25-20-19(26)21(32)30(23(34)27(20)2)13-18(31)28-3-5-29(6-4-28)22(33)24-10-15-7-16(11-24)9-17(8-15)12-24/h14-17H,3-13H2,1-2H3. The molecule has 2 aromatic rings. The predicted molar refractivity (Wildman–Crippen MR) is 124 cm³/mol. The molecule has 34 heavy (non-hydrogen) atoms. The van der Waals surface area contributed by atoms with Gasteiger partial charge in [-0.15, -0.1) is 0 Å². The molecule has 4 aliphatic carbocycles. The zero-order chi connectivity index (χ0) is 23.8. The van der Waals surface area contributed by atoms with Gasteiger partial charge < -0.3 is 14.4 Å². The lowest BCUT2D eigenvalue weighted by atomic mass is 9.49. The zero-order valence-corrected chi connectivity index (χ0v) is 19.9. The Morgan fingerprint density at radius 2 is 1.50 bits per heavy atom. The van der Waals surface area contributed by atoms with E-state index in [0.29, 0.717) is 43.3 Å². The van der Waals surface area contributed by atoms with E-state index in [2.05, 4.69) is 4.98 Å². The minimum Gasteiger partial charge on any atom is -0.339 e. The Bertz CT molecular complexity index is 1260. The fraction of sp³-hybridized carbons (Fsp3) is 0.708. The van der Waals surface area contributed by atoms with Crippen LogP contribution in [-0.2, 0) is 30.2 Å². The highest BCUT2D eigenvalue weighted by Gasteiger charge is 2.55. The first kappa shape index (κ1) is 21.6. The van der Waals surface area contributed by atoms with Crippen LogP contribution in [0.5, 0.6) is 0 Å². The van der Waals surface area contributed by atoms with Gasteiger partial charge in [-0.3, -0.25) is 19.0 Å². The number of aryl methyl sites for hydroxylation is 2. The number of amides is 2. The average molecular weight is 469 g/mol. The van der Waals surface area contributed by atoms with E-state index in [-0.39, 0.29) is 17.9 Å². The van der Waals surface area contributed by atoms with E-state index in [0.717, 1.165) is 41.6 Å². The van der Waals surface area contributed by atoms with E-state index in [9.17, 15) is 19.2 Å². The number of carbonyl (C=O) groups is 2. The lowest BCUT2D eigenvalue weighted by Gasteiger charge is -2.57. The third-order valence-electron chi connectivity index (χ3n) is 8.91. The summed E-state index contributed by atoms with van der Waals surface area (Å²) in [5.41, 5.74) is -0.639. The molecule has 10 nitrogen and oxygen atoms in total. The molecule has 0 atom stereocenters. The quantitative estimate of drug-likeness (QED) is 0.646. The lowest BCUT2D eigenvalue weighted by molar-refractivity contribution is -0.160. The van der Waals surface area contributed by atoms with Crippen LogP contribution in [0.25, 0.3) is 11.2 Å². The minimum absolute atomic E-state index is 0.168. The molecule has 1 aliphatic heterocycles. The molecule has 0 N–H and O–H groups in total. The van der Waals surface area contributed by atoms with Crippen molar-refractivity contribution in [1.82, 2.24) is 28.5 Å². The molecule has 0 unspecified atom stereocenters. The van der Waals surface area contributed by atoms with Gasteiger partial charge in [0.25, 0.3) is 5.56 Å². The van der Waals surface area contributed by atoms with Crippen molar-refractivity contribution in [3.8, 4) is 0 Å². The second-order valence-electron chi connectivity index (χ2n) is 11.1. The Morgan fingerprint density at radius 3 is 2.09 bits per heavy atom. The molecule has 182 valence electrons. The Kier molecular flexibility index (Phi) is 4.80. The fourth-order valence-corrected chi connectivity index (χ4v) is 7.64. The first-order valence-electron chi connectivity index (χ1n) is 12.4. The van der Waals surface area contributed by atoms with E-state index in [1.165, 1.54) is 30.2 Å². The summed E-state index contributed by atoms with van der Waals surface area (Å²) in [4.78, 5) is 60.0. The van der Waals surface area contributed by atoms with E-state index in [1.54, 1.807) is 23.6 Å². The van der Waals surface area contributed by atoms with Crippen LogP contribution < -0.4 is 11.2 Å². The Labute approximate surface area is 197 Å². The van der Waals surface area contributed by atoms with Gasteiger partial charge in [-0.25, -0.2) is 14.3 Å². The van der Waals surface area contributed by atoms with Crippen LogP contribution in [0.1, 0.15) is 38.5 Å². The smallest absolute Gasteiger partial charge is 0.332 e. The summed E-state index contributed by atoms with van der Waals surface area (Å²) in [6, 6.07) is 0. The Morgan fingerprint density at radius 1 is 0.941 bits per heavy atom. The topological polar surface area (TPSA) is 102 Å². The van der Waals surface area contributed by atoms with Crippen LogP contribution >= 0.6 is 0 Å². The van der Waals surface area contributed by atoms with Crippen molar-refractivity contribution in [1.29, 1.82) is 0 Å². The average Bonchev–Trinajstić information content (AvgIpc) is 3.20. The van der Waals surface area contributed by atoms with Gasteiger partial charge in [-0.1, -0.05) is 0 Å². The van der Waals surface area contributed by atoms with Crippen molar-refractivity contribution in [3.63, 3.8) is 0 Å². The number of imidazole rings is 1. The Hall–Kier alpha value is -2.91. The van der Waals surface area contributed by atoms with Gasteiger partial charge in [-0.2, -0.15) is 0 Å². The van der Waals surface area contributed by atoms with E-state index in [1.807, 2.05) is 4.90 Å². The molecule has 0 spiro atoms. The fourth-order valence-electron chi connectivity index (χ4n) is 7.64. The Balaban J connectivity index is 1.14. The maximum absolute atomic E-state index is 13.6. The second kappa shape index (κ2) is 7.55. The summed E-state index contributed by atoms with van der Waals surface area (Å²) in [6.45, 7) is 1.58. The van der Waals surface area contributed by atoms with Crippen LogP contribution in [0.15, 0.2) is 15.9 Å². The molecule has 7 rings (SSSR count). The number of aromatic nitrogens is 4. The molecule has 2 amide bonds. The zero-order valence-electron chi connectivity index (χ0n) is 19.9. The first-order valence-corrected chi connectivity index (χ1v) is 12.4. The third kappa shape index (κ3) is 3.17. The summed E-state index contributed by atoms with van der Waals surface area (Å²) in [7, 11) is 3.24. The number of piperazine rings is 1. The number of carbonyl (C=O) groups excluding carboxylic acids is 2. The van der Waals surface area contributed by atoms with Crippen molar-refractivity contribution in [2.75, 3.05) is 26.2 Å². The lowest BCUT2D eigenvalue weighted by Crippen LogP contribution is -2.59. The number of nitrogens with zero attached hydrogens (tertiary/aromatic N) is 6. The maximum atomic E-state index is 13.6. The summed E-state index contributed by atoms with van der Waals surface area (Å²) in [5, 5.41) is 0. The molecule has 5 fully saturated rings. The van der Waals surface area contributed by atoms with Crippen molar-refractivity contribution < 1.29 is 9.59 Å².